The SMILES string of the molecule is Cc1ccc(OC2OC(C(=O)O)C(O)C(O)C2O)cc1. The fraction of sp³-hybridized carbons (Fsp3) is 0.462. The Hall–Kier alpha value is -1.67. The van der Waals surface area contributed by atoms with E-state index in [9.17, 15) is 20.1 Å². The van der Waals surface area contributed by atoms with Gasteiger partial charge in [0.05, 0.1) is 0 Å². The van der Waals surface area contributed by atoms with E-state index in [1.165, 1.54) is 0 Å². The maximum atomic E-state index is 10.9. The molecule has 0 bridgehead atoms. The third-order valence-electron chi connectivity index (χ3n) is 3.09. The number of aliphatic hydroxyl groups is 3. The Morgan fingerprint density at radius 1 is 1.10 bits per heavy atom. The Morgan fingerprint density at radius 2 is 1.70 bits per heavy atom. The number of carbonyl (C=O) groups is 1. The summed E-state index contributed by atoms with van der Waals surface area (Å²) in [6.45, 7) is 1.89. The number of rotatable bonds is 3. The molecule has 2 rings (SSSR count). The van der Waals surface area contributed by atoms with Crippen molar-refractivity contribution >= 4 is 5.97 Å². The predicted octanol–water partition coefficient (Wildman–Crippen LogP) is -0.734. The maximum absolute atomic E-state index is 10.9. The smallest absolute Gasteiger partial charge is 0.335 e. The van der Waals surface area contributed by atoms with Crippen molar-refractivity contribution in [2.45, 2.75) is 37.6 Å². The van der Waals surface area contributed by atoms with Crippen LogP contribution < -0.4 is 4.74 Å². The van der Waals surface area contributed by atoms with E-state index in [2.05, 4.69) is 0 Å². The van der Waals surface area contributed by atoms with Gasteiger partial charge in [0.2, 0.25) is 6.29 Å². The highest BCUT2D eigenvalue weighted by Crippen LogP contribution is 2.24. The maximum Gasteiger partial charge on any atom is 0.335 e. The first-order chi connectivity index (χ1) is 9.40. The van der Waals surface area contributed by atoms with Crippen LogP contribution in [0.3, 0.4) is 0 Å². The topological polar surface area (TPSA) is 116 Å². The number of hydrogen-bond acceptors (Lipinski definition) is 6. The van der Waals surface area contributed by atoms with Crippen LogP contribution in [0.15, 0.2) is 24.3 Å². The number of hydrogen-bond donors (Lipinski definition) is 4. The number of carboxylic acid groups (broad SMARTS) is 1. The van der Waals surface area contributed by atoms with Gasteiger partial charge >= 0.3 is 5.97 Å². The summed E-state index contributed by atoms with van der Waals surface area (Å²) in [5.74, 6) is -1.09. The van der Waals surface area contributed by atoms with Crippen molar-refractivity contribution in [3.8, 4) is 5.75 Å². The summed E-state index contributed by atoms with van der Waals surface area (Å²) in [4.78, 5) is 10.9. The van der Waals surface area contributed by atoms with Crippen LogP contribution in [0.5, 0.6) is 5.75 Å². The zero-order valence-electron chi connectivity index (χ0n) is 10.7. The van der Waals surface area contributed by atoms with Crippen LogP contribution in [0.25, 0.3) is 0 Å². The van der Waals surface area contributed by atoms with Gasteiger partial charge in [-0.15, -0.1) is 0 Å². The molecule has 1 heterocycles. The number of ether oxygens (including phenoxy) is 2. The Bertz CT molecular complexity index is 472. The molecule has 5 unspecified atom stereocenters. The molecule has 1 aliphatic heterocycles. The van der Waals surface area contributed by atoms with Crippen LogP contribution in [0.1, 0.15) is 5.56 Å². The molecule has 0 amide bonds. The third-order valence-corrected chi connectivity index (χ3v) is 3.09. The molecule has 110 valence electrons. The van der Waals surface area contributed by atoms with E-state index in [1.54, 1.807) is 24.3 Å². The molecule has 4 N–H and O–H groups in total. The van der Waals surface area contributed by atoms with E-state index < -0.39 is 36.7 Å². The highest BCUT2D eigenvalue weighted by Gasteiger charge is 2.48. The van der Waals surface area contributed by atoms with Gasteiger partial charge in [-0.1, -0.05) is 17.7 Å². The van der Waals surface area contributed by atoms with Gasteiger partial charge in [0.25, 0.3) is 0 Å². The third kappa shape index (κ3) is 2.91. The lowest BCUT2D eigenvalue weighted by Gasteiger charge is -2.38. The van der Waals surface area contributed by atoms with Crippen LogP contribution in [-0.4, -0.2) is 57.1 Å². The van der Waals surface area contributed by atoms with Gasteiger partial charge in [0.15, 0.2) is 6.10 Å². The second kappa shape index (κ2) is 5.76. The highest BCUT2D eigenvalue weighted by molar-refractivity contribution is 5.73. The van der Waals surface area contributed by atoms with Crippen molar-refractivity contribution in [3.63, 3.8) is 0 Å². The first-order valence-electron chi connectivity index (χ1n) is 6.06. The lowest BCUT2D eigenvalue weighted by atomic mass is 9.99. The van der Waals surface area contributed by atoms with Gasteiger partial charge in [-0.2, -0.15) is 0 Å². The molecule has 0 aromatic heterocycles. The first kappa shape index (κ1) is 14.7. The van der Waals surface area contributed by atoms with Crippen LogP contribution >= 0.6 is 0 Å². The fourth-order valence-electron chi connectivity index (χ4n) is 1.90. The standard InChI is InChI=1S/C13H16O7/c1-6-2-4-7(5-3-6)19-13-10(16)8(14)9(15)11(20-13)12(17)18/h2-5,8-11,13-16H,1H3,(H,17,18). The van der Waals surface area contributed by atoms with Crippen LogP contribution in [0.2, 0.25) is 0 Å². The molecule has 0 aliphatic carbocycles. The van der Waals surface area contributed by atoms with Crippen molar-refractivity contribution in [3.05, 3.63) is 29.8 Å². The Balaban J connectivity index is 2.13. The van der Waals surface area contributed by atoms with Crippen LogP contribution in [-0.2, 0) is 9.53 Å². The number of aliphatic carboxylic acids is 1. The molecule has 1 aromatic rings. The van der Waals surface area contributed by atoms with E-state index in [0.717, 1.165) is 5.56 Å². The number of benzene rings is 1. The highest BCUT2D eigenvalue weighted by atomic mass is 16.7. The number of aryl methyl sites for hydroxylation is 1. The van der Waals surface area contributed by atoms with E-state index in [1.807, 2.05) is 6.92 Å². The van der Waals surface area contributed by atoms with Gasteiger partial charge in [-0.25, -0.2) is 4.79 Å². The number of carboxylic acids is 1. The van der Waals surface area contributed by atoms with E-state index in [-0.39, 0.29) is 0 Å². The second-order valence-electron chi connectivity index (χ2n) is 4.67. The summed E-state index contributed by atoms with van der Waals surface area (Å²) in [6, 6.07) is 6.78. The average molecular weight is 284 g/mol. The molecule has 0 radical (unpaired) electrons. The molecule has 7 heteroatoms. The first-order valence-corrected chi connectivity index (χ1v) is 6.06. The average Bonchev–Trinajstić information content (AvgIpc) is 2.41. The minimum Gasteiger partial charge on any atom is -0.479 e. The van der Waals surface area contributed by atoms with Crippen molar-refractivity contribution in [1.82, 2.24) is 0 Å². The molecule has 0 spiro atoms. The molecule has 20 heavy (non-hydrogen) atoms. The summed E-state index contributed by atoms with van der Waals surface area (Å²) in [7, 11) is 0. The van der Waals surface area contributed by atoms with Gasteiger partial charge in [-0.3, -0.25) is 0 Å². The molecule has 7 nitrogen and oxygen atoms in total. The summed E-state index contributed by atoms with van der Waals surface area (Å²) in [5, 5.41) is 37.8. The van der Waals surface area contributed by atoms with Crippen molar-refractivity contribution in [2.24, 2.45) is 0 Å². The lowest BCUT2D eigenvalue weighted by Crippen LogP contribution is -2.61. The van der Waals surface area contributed by atoms with Crippen LogP contribution in [0.4, 0.5) is 0 Å². The van der Waals surface area contributed by atoms with Crippen molar-refractivity contribution < 1.29 is 34.7 Å². The zero-order valence-corrected chi connectivity index (χ0v) is 10.7. The van der Waals surface area contributed by atoms with Gasteiger partial charge in [-0.05, 0) is 19.1 Å². The van der Waals surface area contributed by atoms with Crippen LogP contribution in [0, 0.1) is 6.92 Å². The Labute approximate surface area is 115 Å². The second-order valence-corrected chi connectivity index (χ2v) is 4.67. The quantitative estimate of drug-likeness (QED) is 0.578. The minimum atomic E-state index is -1.72. The van der Waals surface area contributed by atoms with Crippen molar-refractivity contribution in [2.75, 3.05) is 0 Å². The summed E-state index contributed by atoms with van der Waals surface area (Å²) < 4.78 is 10.3. The fourth-order valence-corrected chi connectivity index (χ4v) is 1.90. The summed E-state index contributed by atoms with van der Waals surface area (Å²) >= 11 is 0. The molecule has 1 aliphatic rings. The molecular weight excluding hydrogens is 268 g/mol. The molecule has 1 saturated heterocycles. The molecule has 1 aromatic carbocycles. The predicted molar refractivity (Wildman–Crippen MR) is 66.1 cm³/mol. The lowest BCUT2D eigenvalue weighted by molar-refractivity contribution is -0.271. The Morgan fingerprint density at radius 3 is 2.25 bits per heavy atom. The summed E-state index contributed by atoms with van der Waals surface area (Å²) in [6.07, 6.45) is -7.98. The Kier molecular flexibility index (Phi) is 4.24. The normalized spacial score (nSPS) is 33.7. The molecule has 5 atom stereocenters. The molecule has 0 saturated carbocycles. The van der Waals surface area contributed by atoms with E-state index in [4.69, 9.17) is 14.6 Å². The molecular formula is C13H16O7. The molecule has 1 fully saturated rings. The monoisotopic (exact) mass is 284 g/mol. The summed E-state index contributed by atoms with van der Waals surface area (Å²) in [5.41, 5.74) is 1.00. The van der Waals surface area contributed by atoms with E-state index >= 15 is 0 Å². The zero-order chi connectivity index (χ0) is 14.9. The van der Waals surface area contributed by atoms with Gasteiger partial charge in [0, 0.05) is 0 Å². The van der Waals surface area contributed by atoms with E-state index in [0.29, 0.717) is 5.75 Å². The minimum absolute atomic E-state index is 0.354. The van der Waals surface area contributed by atoms with Gasteiger partial charge < -0.3 is 29.9 Å². The number of aliphatic hydroxyl groups excluding tert-OH is 3. The van der Waals surface area contributed by atoms with Crippen molar-refractivity contribution in [1.29, 1.82) is 0 Å². The van der Waals surface area contributed by atoms with Gasteiger partial charge in [0.1, 0.15) is 24.1 Å². The largest absolute Gasteiger partial charge is 0.479 e.